The zero-order chi connectivity index (χ0) is 10.7. The SMILES string of the molecule is C1CCC1.CC(C)C(C)C.CCC. The van der Waals surface area contributed by atoms with Crippen molar-refractivity contribution in [2.45, 2.75) is 73.6 Å². The van der Waals surface area contributed by atoms with E-state index in [0.29, 0.717) is 0 Å². The Hall–Kier alpha value is 0. The Labute approximate surface area is 86.1 Å². The molecule has 0 radical (unpaired) electrons. The van der Waals surface area contributed by atoms with E-state index in [-0.39, 0.29) is 0 Å². The highest BCUT2D eigenvalue weighted by atomic mass is 14.0. The lowest BCUT2D eigenvalue weighted by atomic mass is 10.0. The van der Waals surface area contributed by atoms with Crippen molar-refractivity contribution in [2.24, 2.45) is 11.8 Å². The molecular formula is C13H30. The first-order chi connectivity index (χ1) is 6.06. The van der Waals surface area contributed by atoms with Gasteiger partial charge in [0.15, 0.2) is 0 Å². The van der Waals surface area contributed by atoms with Crippen molar-refractivity contribution >= 4 is 0 Å². The average Bonchev–Trinajstić information content (AvgIpc) is 1.84. The molecule has 0 bridgehead atoms. The third kappa shape index (κ3) is 18.8. The van der Waals surface area contributed by atoms with E-state index in [0.717, 1.165) is 11.8 Å². The van der Waals surface area contributed by atoms with Gasteiger partial charge in [0, 0.05) is 0 Å². The van der Waals surface area contributed by atoms with Gasteiger partial charge in [0.1, 0.15) is 0 Å². The van der Waals surface area contributed by atoms with Crippen molar-refractivity contribution in [1.82, 2.24) is 0 Å². The predicted octanol–water partition coefficient (Wildman–Crippen LogP) is 5.28. The van der Waals surface area contributed by atoms with Crippen LogP contribution in [-0.2, 0) is 0 Å². The van der Waals surface area contributed by atoms with Crippen LogP contribution in [0.2, 0.25) is 0 Å². The second kappa shape index (κ2) is 12.0. The Kier molecular flexibility index (Phi) is 14.3. The molecular weight excluding hydrogens is 156 g/mol. The molecule has 0 aromatic heterocycles. The van der Waals surface area contributed by atoms with Gasteiger partial charge in [0.2, 0.25) is 0 Å². The number of hydrogen-bond donors (Lipinski definition) is 0. The summed E-state index contributed by atoms with van der Waals surface area (Å²) in [7, 11) is 0. The Balaban J connectivity index is 0. The highest BCUT2D eigenvalue weighted by Crippen LogP contribution is 2.15. The van der Waals surface area contributed by atoms with E-state index in [2.05, 4.69) is 41.5 Å². The normalized spacial score (nSPS) is 13.8. The van der Waals surface area contributed by atoms with Gasteiger partial charge in [-0.25, -0.2) is 0 Å². The average molecular weight is 186 g/mol. The van der Waals surface area contributed by atoms with Crippen LogP contribution in [0.1, 0.15) is 73.6 Å². The topological polar surface area (TPSA) is 0 Å². The smallest absolute Gasteiger partial charge is 0.0448 e. The molecule has 0 aromatic rings. The molecule has 1 aliphatic carbocycles. The lowest BCUT2D eigenvalue weighted by Crippen LogP contribution is -1.95. The highest BCUT2D eigenvalue weighted by Gasteiger charge is 1.95. The molecule has 1 fully saturated rings. The fraction of sp³-hybridized carbons (Fsp3) is 1.00. The van der Waals surface area contributed by atoms with Crippen molar-refractivity contribution < 1.29 is 0 Å². The molecule has 1 saturated carbocycles. The van der Waals surface area contributed by atoms with Crippen LogP contribution in [0.25, 0.3) is 0 Å². The van der Waals surface area contributed by atoms with Crippen LogP contribution in [0.15, 0.2) is 0 Å². The van der Waals surface area contributed by atoms with Crippen LogP contribution in [-0.4, -0.2) is 0 Å². The summed E-state index contributed by atoms with van der Waals surface area (Å²) >= 11 is 0. The Morgan fingerprint density at radius 1 is 0.692 bits per heavy atom. The van der Waals surface area contributed by atoms with Crippen molar-refractivity contribution in [3.63, 3.8) is 0 Å². The van der Waals surface area contributed by atoms with Crippen LogP contribution in [0.5, 0.6) is 0 Å². The largest absolute Gasteiger partial charge is 0.0656 e. The van der Waals surface area contributed by atoms with Crippen molar-refractivity contribution in [3.05, 3.63) is 0 Å². The van der Waals surface area contributed by atoms with E-state index in [1.807, 2.05) is 0 Å². The molecule has 0 nitrogen and oxygen atoms in total. The van der Waals surface area contributed by atoms with E-state index in [1.165, 1.54) is 32.1 Å². The van der Waals surface area contributed by atoms with Crippen LogP contribution >= 0.6 is 0 Å². The van der Waals surface area contributed by atoms with Crippen LogP contribution in [0.4, 0.5) is 0 Å². The molecule has 0 aromatic carbocycles. The predicted molar refractivity (Wildman–Crippen MR) is 64.1 cm³/mol. The summed E-state index contributed by atoms with van der Waals surface area (Å²) in [4.78, 5) is 0. The Morgan fingerprint density at radius 2 is 0.846 bits per heavy atom. The van der Waals surface area contributed by atoms with E-state index >= 15 is 0 Å². The van der Waals surface area contributed by atoms with Gasteiger partial charge in [-0.15, -0.1) is 0 Å². The van der Waals surface area contributed by atoms with Crippen LogP contribution in [0.3, 0.4) is 0 Å². The van der Waals surface area contributed by atoms with E-state index < -0.39 is 0 Å². The van der Waals surface area contributed by atoms with E-state index in [4.69, 9.17) is 0 Å². The quantitative estimate of drug-likeness (QED) is 0.523. The summed E-state index contributed by atoms with van der Waals surface area (Å²) in [5.74, 6) is 1.70. The molecule has 0 heterocycles. The van der Waals surface area contributed by atoms with Gasteiger partial charge in [-0.05, 0) is 11.8 Å². The zero-order valence-electron chi connectivity index (χ0n) is 10.7. The molecule has 0 aliphatic heterocycles. The minimum absolute atomic E-state index is 0.852. The molecule has 1 aliphatic rings. The number of hydrogen-bond acceptors (Lipinski definition) is 0. The molecule has 0 atom stereocenters. The van der Waals surface area contributed by atoms with Gasteiger partial charge < -0.3 is 0 Å². The highest BCUT2D eigenvalue weighted by molar-refractivity contribution is 4.50. The standard InChI is InChI=1S/C6H14.C4H8.C3H8/c1-5(2)6(3)4;1-2-4-3-1;1-3-2/h5-6H,1-4H3;1-4H2;3H2,1-2H3. The van der Waals surface area contributed by atoms with E-state index in [9.17, 15) is 0 Å². The molecule has 0 amide bonds. The van der Waals surface area contributed by atoms with Gasteiger partial charge in [-0.3, -0.25) is 0 Å². The summed E-state index contributed by atoms with van der Waals surface area (Å²) in [6.07, 6.45) is 7.25. The summed E-state index contributed by atoms with van der Waals surface area (Å²) < 4.78 is 0. The monoisotopic (exact) mass is 186 g/mol. The first kappa shape index (κ1) is 15.5. The van der Waals surface area contributed by atoms with Gasteiger partial charge in [0.25, 0.3) is 0 Å². The van der Waals surface area contributed by atoms with Crippen molar-refractivity contribution in [3.8, 4) is 0 Å². The summed E-state index contributed by atoms with van der Waals surface area (Å²) in [5.41, 5.74) is 0. The van der Waals surface area contributed by atoms with Gasteiger partial charge >= 0.3 is 0 Å². The fourth-order valence-electron chi connectivity index (χ4n) is 0.250. The number of rotatable bonds is 1. The Morgan fingerprint density at radius 3 is 0.846 bits per heavy atom. The van der Waals surface area contributed by atoms with Crippen molar-refractivity contribution in [1.29, 1.82) is 0 Å². The maximum atomic E-state index is 2.24. The van der Waals surface area contributed by atoms with Crippen LogP contribution in [0, 0.1) is 11.8 Å². The first-order valence-corrected chi connectivity index (χ1v) is 6.06. The molecule has 0 N–H and O–H groups in total. The van der Waals surface area contributed by atoms with Gasteiger partial charge in [-0.2, -0.15) is 0 Å². The first-order valence-electron chi connectivity index (χ1n) is 6.06. The van der Waals surface area contributed by atoms with E-state index in [1.54, 1.807) is 0 Å². The summed E-state index contributed by atoms with van der Waals surface area (Å²) in [5, 5.41) is 0. The molecule has 0 saturated heterocycles. The second-order valence-corrected chi connectivity index (χ2v) is 4.61. The zero-order valence-corrected chi connectivity index (χ0v) is 10.7. The minimum atomic E-state index is 0.852. The molecule has 1 rings (SSSR count). The molecule has 82 valence electrons. The van der Waals surface area contributed by atoms with Gasteiger partial charge in [-0.1, -0.05) is 73.6 Å². The Bertz CT molecular complexity index is 58.1. The lowest BCUT2D eigenvalue weighted by molar-refractivity contribution is 0.457. The van der Waals surface area contributed by atoms with Crippen LogP contribution < -0.4 is 0 Å². The molecule has 13 heavy (non-hydrogen) atoms. The van der Waals surface area contributed by atoms with Crippen molar-refractivity contribution in [2.75, 3.05) is 0 Å². The summed E-state index contributed by atoms with van der Waals surface area (Å²) in [6, 6.07) is 0. The van der Waals surface area contributed by atoms with Gasteiger partial charge in [0.05, 0.1) is 0 Å². The lowest BCUT2D eigenvalue weighted by Gasteiger charge is -2.05. The molecule has 0 unspecified atom stereocenters. The fourth-order valence-corrected chi connectivity index (χ4v) is 0.250. The third-order valence-corrected chi connectivity index (χ3v) is 2.33. The molecule has 0 spiro atoms. The third-order valence-electron chi connectivity index (χ3n) is 2.33. The maximum Gasteiger partial charge on any atom is -0.0448 e. The summed E-state index contributed by atoms with van der Waals surface area (Å²) in [6.45, 7) is 13.2. The minimum Gasteiger partial charge on any atom is -0.0656 e. The second-order valence-electron chi connectivity index (χ2n) is 4.61. The molecule has 0 heteroatoms. The maximum absolute atomic E-state index is 2.24.